The van der Waals surface area contributed by atoms with Crippen molar-refractivity contribution in [3.8, 4) is 0 Å². The van der Waals surface area contributed by atoms with Crippen molar-refractivity contribution in [2.24, 2.45) is 5.41 Å². The molecule has 0 unspecified atom stereocenters. The average molecular weight is 312 g/mol. The van der Waals surface area contributed by atoms with Crippen molar-refractivity contribution in [2.45, 2.75) is 24.6 Å². The van der Waals surface area contributed by atoms with Crippen LogP contribution in [0.4, 0.5) is 0 Å². The van der Waals surface area contributed by atoms with Gasteiger partial charge in [-0.2, -0.15) is 0 Å². The van der Waals surface area contributed by atoms with Crippen molar-refractivity contribution in [1.82, 2.24) is 5.32 Å². The first kappa shape index (κ1) is 13.6. The summed E-state index contributed by atoms with van der Waals surface area (Å²) < 4.78 is 0. The van der Waals surface area contributed by atoms with Crippen LogP contribution in [0.1, 0.15) is 35.2 Å². The molecule has 0 spiro atoms. The molecule has 1 aliphatic rings. The number of nitrogens with one attached hydrogen (secondary N) is 1. The van der Waals surface area contributed by atoms with Crippen molar-refractivity contribution in [2.75, 3.05) is 13.2 Å². The zero-order valence-electron chi connectivity index (χ0n) is 10.3. The van der Waals surface area contributed by atoms with Gasteiger partial charge in [-0.1, -0.05) is 28.1 Å². The lowest BCUT2D eigenvalue weighted by Crippen LogP contribution is -2.30. The first-order valence-electron chi connectivity index (χ1n) is 6.23. The van der Waals surface area contributed by atoms with Gasteiger partial charge in [0, 0.05) is 24.0 Å². The number of aliphatic hydroxyl groups is 1. The molecule has 1 amide bonds. The molecule has 0 atom stereocenters. The molecule has 18 heavy (non-hydrogen) atoms. The molecule has 3 nitrogen and oxygen atoms in total. The molecule has 0 radical (unpaired) electrons. The van der Waals surface area contributed by atoms with Crippen LogP contribution >= 0.6 is 15.9 Å². The van der Waals surface area contributed by atoms with Crippen LogP contribution in [0.15, 0.2) is 24.3 Å². The first-order valence-corrected chi connectivity index (χ1v) is 7.35. The van der Waals surface area contributed by atoms with Gasteiger partial charge in [-0.15, -0.1) is 0 Å². The van der Waals surface area contributed by atoms with E-state index in [1.807, 2.05) is 24.3 Å². The van der Waals surface area contributed by atoms with Gasteiger partial charge in [0.15, 0.2) is 0 Å². The molecule has 0 aromatic heterocycles. The maximum absolute atomic E-state index is 11.9. The van der Waals surface area contributed by atoms with E-state index < -0.39 is 0 Å². The minimum atomic E-state index is -0.0275. The summed E-state index contributed by atoms with van der Waals surface area (Å²) in [6, 6.07) is 7.59. The summed E-state index contributed by atoms with van der Waals surface area (Å²) in [5.74, 6) is -0.0275. The summed E-state index contributed by atoms with van der Waals surface area (Å²) >= 11 is 3.38. The molecule has 2 rings (SSSR count). The standard InChI is InChI=1S/C14H18BrNO2/c15-9-11-1-3-12(4-2-11)13(18)16-10-14(5-6-14)7-8-17/h1-4,17H,5-10H2,(H,16,18). The predicted octanol–water partition coefficient (Wildman–Crippen LogP) is 2.47. The molecule has 0 heterocycles. The fourth-order valence-electron chi connectivity index (χ4n) is 2.04. The SMILES string of the molecule is O=C(NCC1(CCO)CC1)c1ccc(CBr)cc1. The molecule has 0 bridgehead atoms. The highest BCUT2D eigenvalue weighted by Gasteiger charge is 2.41. The Hall–Kier alpha value is -0.870. The van der Waals surface area contributed by atoms with E-state index in [1.165, 1.54) is 0 Å². The van der Waals surface area contributed by atoms with Crippen LogP contribution in [-0.2, 0) is 5.33 Å². The summed E-state index contributed by atoms with van der Waals surface area (Å²) in [6.45, 7) is 0.877. The summed E-state index contributed by atoms with van der Waals surface area (Å²) in [7, 11) is 0. The van der Waals surface area contributed by atoms with Crippen molar-refractivity contribution in [1.29, 1.82) is 0 Å². The van der Waals surface area contributed by atoms with E-state index in [-0.39, 0.29) is 17.9 Å². The minimum Gasteiger partial charge on any atom is -0.396 e. The molecule has 0 saturated heterocycles. The molecule has 1 aliphatic carbocycles. The second-order valence-corrected chi connectivity index (χ2v) is 5.55. The van der Waals surface area contributed by atoms with Gasteiger partial charge in [0.25, 0.3) is 5.91 Å². The number of hydrogen-bond donors (Lipinski definition) is 2. The Bertz CT molecular complexity index is 412. The number of carbonyl (C=O) groups is 1. The minimum absolute atomic E-state index is 0.0275. The largest absolute Gasteiger partial charge is 0.396 e. The van der Waals surface area contributed by atoms with E-state index >= 15 is 0 Å². The number of rotatable bonds is 6. The Morgan fingerprint density at radius 3 is 2.50 bits per heavy atom. The average Bonchev–Trinajstić information content (AvgIpc) is 3.17. The highest BCUT2D eigenvalue weighted by atomic mass is 79.9. The number of halogens is 1. The molecule has 2 N–H and O–H groups in total. The van der Waals surface area contributed by atoms with E-state index in [9.17, 15) is 4.79 Å². The number of alkyl halides is 1. The molecule has 0 aliphatic heterocycles. The van der Waals surface area contributed by atoms with Crippen LogP contribution in [0.3, 0.4) is 0 Å². The Labute approximate surface area is 116 Å². The number of benzene rings is 1. The van der Waals surface area contributed by atoms with Gasteiger partial charge in [-0.05, 0) is 42.4 Å². The fourth-order valence-corrected chi connectivity index (χ4v) is 2.42. The lowest BCUT2D eigenvalue weighted by Gasteiger charge is -2.14. The Morgan fingerprint density at radius 2 is 2.00 bits per heavy atom. The van der Waals surface area contributed by atoms with Gasteiger partial charge in [-0.3, -0.25) is 4.79 Å². The second-order valence-electron chi connectivity index (χ2n) is 4.99. The molecule has 4 heteroatoms. The van der Waals surface area contributed by atoms with Crippen LogP contribution in [0.2, 0.25) is 0 Å². The lowest BCUT2D eigenvalue weighted by molar-refractivity contribution is 0.0941. The van der Waals surface area contributed by atoms with E-state index in [4.69, 9.17) is 5.11 Å². The Morgan fingerprint density at radius 1 is 1.33 bits per heavy atom. The molecule has 1 fully saturated rings. The molecular weight excluding hydrogens is 294 g/mol. The lowest BCUT2D eigenvalue weighted by atomic mass is 10.0. The van der Waals surface area contributed by atoms with Gasteiger partial charge in [0.05, 0.1) is 0 Å². The smallest absolute Gasteiger partial charge is 0.251 e. The van der Waals surface area contributed by atoms with E-state index in [1.54, 1.807) is 0 Å². The zero-order valence-corrected chi connectivity index (χ0v) is 11.9. The van der Waals surface area contributed by atoms with Crippen LogP contribution in [0.5, 0.6) is 0 Å². The third kappa shape index (κ3) is 3.33. The number of aliphatic hydroxyl groups excluding tert-OH is 1. The number of carbonyl (C=O) groups excluding carboxylic acids is 1. The van der Waals surface area contributed by atoms with Gasteiger partial charge in [0.1, 0.15) is 0 Å². The zero-order chi connectivity index (χ0) is 13.0. The van der Waals surface area contributed by atoms with Gasteiger partial charge >= 0.3 is 0 Å². The number of amides is 1. The quantitative estimate of drug-likeness (QED) is 0.793. The Balaban J connectivity index is 1.87. The fraction of sp³-hybridized carbons (Fsp3) is 0.500. The predicted molar refractivity (Wildman–Crippen MR) is 74.8 cm³/mol. The van der Waals surface area contributed by atoms with Crippen molar-refractivity contribution in [3.63, 3.8) is 0 Å². The summed E-state index contributed by atoms with van der Waals surface area (Å²) in [6.07, 6.45) is 3.00. The van der Waals surface area contributed by atoms with Gasteiger partial charge in [0.2, 0.25) is 0 Å². The second kappa shape index (κ2) is 5.85. The maximum Gasteiger partial charge on any atom is 0.251 e. The van der Waals surface area contributed by atoms with Gasteiger partial charge < -0.3 is 10.4 Å². The third-order valence-corrected chi connectivity index (χ3v) is 4.24. The maximum atomic E-state index is 11.9. The summed E-state index contributed by atoms with van der Waals surface area (Å²) in [4.78, 5) is 11.9. The molecule has 98 valence electrons. The van der Waals surface area contributed by atoms with Crippen LogP contribution < -0.4 is 5.32 Å². The highest BCUT2D eigenvalue weighted by Crippen LogP contribution is 2.47. The van der Waals surface area contributed by atoms with E-state index in [2.05, 4.69) is 21.2 Å². The van der Waals surface area contributed by atoms with Crippen LogP contribution in [-0.4, -0.2) is 24.2 Å². The normalized spacial score (nSPS) is 16.3. The van der Waals surface area contributed by atoms with E-state index in [0.717, 1.165) is 30.2 Å². The topological polar surface area (TPSA) is 49.3 Å². The van der Waals surface area contributed by atoms with Crippen molar-refractivity contribution in [3.05, 3.63) is 35.4 Å². The third-order valence-electron chi connectivity index (χ3n) is 3.59. The molecular formula is C14H18BrNO2. The summed E-state index contributed by atoms with van der Waals surface area (Å²) in [5, 5.41) is 12.7. The monoisotopic (exact) mass is 311 g/mol. The van der Waals surface area contributed by atoms with E-state index in [0.29, 0.717) is 12.1 Å². The molecule has 1 saturated carbocycles. The number of hydrogen-bond acceptors (Lipinski definition) is 2. The van der Waals surface area contributed by atoms with Crippen molar-refractivity contribution >= 4 is 21.8 Å². The Kier molecular flexibility index (Phi) is 4.40. The van der Waals surface area contributed by atoms with Crippen LogP contribution in [0.25, 0.3) is 0 Å². The highest BCUT2D eigenvalue weighted by molar-refractivity contribution is 9.08. The first-order chi connectivity index (χ1) is 8.69. The molecule has 1 aromatic rings. The van der Waals surface area contributed by atoms with Crippen LogP contribution in [0, 0.1) is 5.41 Å². The van der Waals surface area contributed by atoms with Gasteiger partial charge in [-0.25, -0.2) is 0 Å². The summed E-state index contributed by atoms with van der Waals surface area (Å²) in [5.41, 5.74) is 2.02. The van der Waals surface area contributed by atoms with Crippen molar-refractivity contribution < 1.29 is 9.90 Å². The molecule has 1 aromatic carbocycles.